The number of nitro benzene ring substituents is 1. The standard InChI is InChI=1S/C22H24N6O5S/c1-4-27-19(12-20(29)24-17-7-5-6-8-18(17)33-3)25-26-22(27)34-13-21(30)23-16-10-9-15(28(31)32)11-14(16)2/h5-11H,4,12-13H2,1-3H3,(H,23,30)(H,24,29). The largest absolute Gasteiger partial charge is 0.495 e. The number of non-ortho nitro benzene ring substituents is 1. The van der Waals surface area contributed by atoms with Gasteiger partial charge in [-0.3, -0.25) is 19.7 Å². The fourth-order valence-corrected chi connectivity index (χ4v) is 4.00. The monoisotopic (exact) mass is 484 g/mol. The molecule has 34 heavy (non-hydrogen) atoms. The van der Waals surface area contributed by atoms with Gasteiger partial charge in [-0.15, -0.1) is 10.2 Å². The molecule has 2 N–H and O–H groups in total. The molecule has 178 valence electrons. The van der Waals surface area contributed by atoms with E-state index in [-0.39, 0.29) is 29.7 Å². The summed E-state index contributed by atoms with van der Waals surface area (Å²) in [5.74, 6) is 0.530. The Hall–Kier alpha value is -3.93. The van der Waals surface area contributed by atoms with E-state index < -0.39 is 4.92 Å². The molecule has 0 radical (unpaired) electrons. The van der Waals surface area contributed by atoms with Crippen LogP contribution in [0.4, 0.5) is 17.1 Å². The SMILES string of the molecule is CCn1c(CC(=O)Nc2ccccc2OC)nnc1SCC(=O)Nc1ccc([N+](=O)[O-])cc1C. The molecule has 0 aliphatic carbocycles. The van der Waals surface area contributed by atoms with Crippen LogP contribution in [0.2, 0.25) is 0 Å². The first-order valence-electron chi connectivity index (χ1n) is 10.3. The molecule has 0 aliphatic heterocycles. The molecule has 0 fully saturated rings. The summed E-state index contributed by atoms with van der Waals surface area (Å²) in [6.07, 6.45) is 0.00757. The molecule has 1 aromatic heterocycles. The Morgan fingerprint density at radius 2 is 1.85 bits per heavy atom. The lowest BCUT2D eigenvalue weighted by Crippen LogP contribution is -2.18. The number of benzene rings is 2. The number of methoxy groups -OCH3 is 1. The van der Waals surface area contributed by atoms with Crippen molar-refractivity contribution >= 4 is 40.6 Å². The molecule has 0 atom stereocenters. The van der Waals surface area contributed by atoms with Crippen LogP contribution in [-0.2, 0) is 22.6 Å². The van der Waals surface area contributed by atoms with Crippen molar-refractivity contribution in [2.24, 2.45) is 0 Å². The van der Waals surface area contributed by atoms with Gasteiger partial charge in [-0.05, 0) is 37.6 Å². The maximum Gasteiger partial charge on any atom is 0.269 e. The second kappa shape index (κ2) is 11.3. The summed E-state index contributed by atoms with van der Waals surface area (Å²) in [6, 6.07) is 11.3. The van der Waals surface area contributed by atoms with E-state index in [1.807, 2.05) is 13.0 Å². The van der Waals surface area contributed by atoms with Crippen LogP contribution in [-0.4, -0.2) is 44.4 Å². The highest BCUT2D eigenvalue weighted by molar-refractivity contribution is 7.99. The van der Waals surface area contributed by atoms with Crippen molar-refractivity contribution < 1.29 is 19.2 Å². The number of nitrogens with one attached hydrogen (secondary N) is 2. The predicted molar refractivity (Wildman–Crippen MR) is 128 cm³/mol. The number of anilines is 2. The molecule has 2 aromatic carbocycles. The first kappa shape index (κ1) is 24.7. The number of carbonyl (C=O) groups is 2. The maximum atomic E-state index is 12.5. The number of rotatable bonds is 10. The molecule has 11 nitrogen and oxygen atoms in total. The van der Waals surface area contributed by atoms with Crippen LogP contribution >= 0.6 is 11.8 Å². The van der Waals surface area contributed by atoms with Crippen molar-refractivity contribution in [3.63, 3.8) is 0 Å². The molecule has 0 aliphatic rings. The first-order valence-corrected chi connectivity index (χ1v) is 11.3. The number of aryl methyl sites for hydroxylation is 1. The number of para-hydroxylation sites is 2. The number of nitro groups is 1. The molecule has 0 bridgehead atoms. The highest BCUT2D eigenvalue weighted by Crippen LogP contribution is 2.24. The Bertz CT molecular complexity index is 1210. The van der Waals surface area contributed by atoms with Gasteiger partial charge in [-0.2, -0.15) is 0 Å². The van der Waals surface area contributed by atoms with Crippen molar-refractivity contribution in [3.05, 3.63) is 64.0 Å². The lowest BCUT2D eigenvalue weighted by Gasteiger charge is -2.11. The minimum atomic E-state index is -0.486. The van der Waals surface area contributed by atoms with Gasteiger partial charge in [0.2, 0.25) is 11.8 Å². The lowest BCUT2D eigenvalue weighted by molar-refractivity contribution is -0.384. The van der Waals surface area contributed by atoms with Crippen LogP contribution in [0.1, 0.15) is 18.3 Å². The maximum absolute atomic E-state index is 12.5. The Balaban J connectivity index is 1.60. The zero-order valence-corrected chi connectivity index (χ0v) is 19.7. The summed E-state index contributed by atoms with van der Waals surface area (Å²) in [7, 11) is 1.53. The minimum Gasteiger partial charge on any atom is -0.495 e. The van der Waals surface area contributed by atoms with Crippen molar-refractivity contribution in [1.82, 2.24) is 14.8 Å². The van der Waals surface area contributed by atoms with Crippen LogP contribution in [0.25, 0.3) is 0 Å². The molecule has 0 saturated heterocycles. The van der Waals surface area contributed by atoms with Crippen LogP contribution in [0.3, 0.4) is 0 Å². The van der Waals surface area contributed by atoms with Gasteiger partial charge in [-0.1, -0.05) is 23.9 Å². The molecule has 0 saturated carbocycles. The number of nitrogens with zero attached hydrogens (tertiary/aromatic N) is 4. The highest BCUT2D eigenvalue weighted by Gasteiger charge is 2.17. The number of aromatic nitrogens is 3. The Kier molecular flexibility index (Phi) is 8.19. The molecule has 1 heterocycles. The summed E-state index contributed by atoms with van der Waals surface area (Å²) in [6.45, 7) is 4.11. The second-order valence-corrected chi connectivity index (χ2v) is 8.10. The smallest absolute Gasteiger partial charge is 0.269 e. The second-order valence-electron chi connectivity index (χ2n) is 7.16. The number of hydrogen-bond donors (Lipinski definition) is 2. The number of carbonyl (C=O) groups excluding carboxylic acids is 2. The molecule has 0 spiro atoms. The third kappa shape index (κ3) is 6.10. The van der Waals surface area contributed by atoms with Gasteiger partial charge >= 0.3 is 0 Å². The predicted octanol–water partition coefficient (Wildman–Crippen LogP) is 3.44. The minimum absolute atomic E-state index is 0.00757. The fraction of sp³-hybridized carbons (Fsp3) is 0.273. The van der Waals surface area contributed by atoms with E-state index in [4.69, 9.17) is 4.74 Å². The first-order chi connectivity index (χ1) is 16.3. The molecular weight excluding hydrogens is 460 g/mol. The van der Waals surface area contributed by atoms with Gasteiger partial charge in [0, 0.05) is 24.4 Å². The summed E-state index contributed by atoms with van der Waals surface area (Å²) < 4.78 is 7.02. The molecule has 3 aromatic rings. The van der Waals surface area contributed by atoms with E-state index in [1.54, 1.807) is 29.7 Å². The molecular formula is C22H24N6O5S. The third-order valence-electron chi connectivity index (χ3n) is 4.84. The topological polar surface area (TPSA) is 141 Å². The van der Waals surface area contributed by atoms with Gasteiger partial charge in [-0.25, -0.2) is 0 Å². The number of hydrogen-bond acceptors (Lipinski definition) is 8. The van der Waals surface area contributed by atoms with Gasteiger partial charge in [0.05, 0.1) is 29.9 Å². The van der Waals surface area contributed by atoms with E-state index >= 15 is 0 Å². The van der Waals surface area contributed by atoms with Crippen LogP contribution < -0.4 is 15.4 Å². The normalized spacial score (nSPS) is 10.6. The summed E-state index contributed by atoms with van der Waals surface area (Å²) >= 11 is 1.19. The summed E-state index contributed by atoms with van der Waals surface area (Å²) in [4.78, 5) is 35.3. The van der Waals surface area contributed by atoms with E-state index in [9.17, 15) is 19.7 Å². The van der Waals surface area contributed by atoms with Crippen molar-refractivity contribution in [2.75, 3.05) is 23.5 Å². The average Bonchev–Trinajstić information content (AvgIpc) is 3.20. The zero-order chi connectivity index (χ0) is 24.7. The fourth-order valence-electron chi connectivity index (χ4n) is 3.18. The van der Waals surface area contributed by atoms with Gasteiger partial charge < -0.3 is 19.9 Å². The zero-order valence-electron chi connectivity index (χ0n) is 18.9. The summed E-state index contributed by atoms with van der Waals surface area (Å²) in [5.41, 5.74) is 1.61. The van der Waals surface area contributed by atoms with Crippen LogP contribution in [0, 0.1) is 17.0 Å². The van der Waals surface area contributed by atoms with Gasteiger partial charge in [0.25, 0.3) is 5.69 Å². The Morgan fingerprint density at radius 3 is 2.53 bits per heavy atom. The van der Waals surface area contributed by atoms with Crippen LogP contribution in [0.15, 0.2) is 47.6 Å². The Labute approximate surface area is 200 Å². The summed E-state index contributed by atoms with van der Waals surface area (Å²) in [5, 5.41) is 25.2. The number of amides is 2. The van der Waals surface area contributed by atoms with Gasteiger partial charge in [0.1, 0.15) is 11.6 Å². The number of ether oxygens (including phenoxy) is 1. The Morgan fingerprint density at radius 1 is 1.12 bits per heavy atom. The average molecular weight is 485 g/mol. The van der Waals surface area contributed by atoms with E-state index in [1.165, 1.54) is 37.1 Å². The number of thioether (sulfide) groups is 1. The van der Waals surface area contributed by atoms with E-state index in [0.29, 0.717) is 40.2 Å². The highest BCUT2D eigenvalue weighted by atomic mass is 32.2. The van der Waals surface area contributed by atoms with Crippen molar-refractivity contribution in [1.29, 1.82) is 0 Å². The molecule has 0 unspecified atom stereocenters. The molecule has 2 amide bonds. The van der Waals surface area contributed by atoms with E-state index in [0.717, 1.165) is 0 Å². The molecule has 12 heteroatoms. The quantitative estimate of drug-likeness (QED) is 0.253. The van der Waals surface area contributed by atoms with Crippen molar-refractivity contribution in [3.8, 4) is 5.75 Å². The van der Waals surface area contributed by atoms with Crippen molar-refractivity contribution in [2.45, 2.75) is 32.0 Å². The molecule has 3 rings (SSSR count). The third-order valence-corrected chi connectivity index (χ3v) is 5.80. The van der Waals surface area contributed by atoms with Gasteiger partial charge in [0.15, 0.2) is 5.16 Å². The lowest BCUT2D eigenvalue weighted by atomic mass is 10.2. The van der Waals surface area contributed by atoms with Crippen LogP contribution in [0.5, 0.6) is 5.75 Å². The van der Waals surface area contributed by atoms with E-state index in [2.05, 4.69) is 20.8 Å².